The minimum absolute atomic E-state index is 0. The van der Waals surface area contributed by atoms with Gasteiger partial charge >= 0.3 is 0 Å². The Morgan fingerprint density at radius 1 is 1.24 bits per heavy atom. The molecule has 17 heavy (non-hydrogen) atoms. The van der Waals surface area contributed by atoms with Crippen LogP contribution in [0.2, 0.25) is 0 Å². The highest BCUT2D eigenvalue weighted by atomic mass is 32.1. The number of rotatable bonds is 3. The Bertz CT molecular complexity index is 436. The van der Waals surface area contributed by atoms with Crippen LogP contribution in [0.3, 0.4) is 0 Å². The van der Waals surface area contributed by atoms with E-state index in [1.807, 2.05) is 35.7 Å². The van der Waals surface area contributed by atoms with Crippen LogP contribution in [0.5, 0.6) is 0 Å². The summed E-state index contributed by atoms with van der Waals surface area (Å²) < 4.78 is 0. The molecule has 5 N–H and O–H groups in total. The molecule has 1 heterocycles. The van der Waals surface area contributed by atoms with E-state index in [-0.39, 0.29) is 16.8 Å². The molecule has 89 valence electrons. The van der Waals surface area contributed by atoms with Crippen molar-refractivity contribution in [2.45, 2.75) is 0 Å². The average Bonchev–Trinajstić information content (AvgIpc) is 2.71. The third kappa shape index (κ3) is 4.77. The summed E-state index contributed by atoms with van der Waals surface area (Å²) in [5.41, 5.74) is 0.881. The molecule has 0 aliphatic carbocycles. The first-order valence-corrected chi connectivity index (χ1v) is 5.33. The van der Waals surface area contributed by atoms with Crippen molar-refractivity contribution in [1.82, 2.24) is 4.98 Å². The van der Waals surface area contributed by atoms with Crippen molar-refractivity contribution in [3.05, 3.63) is 41.9 Å². The van der Waals surface area contributed by atoms with Crippen molar-refractivity contribution in [3.8, 4) is 0 Å². The van der Waals surface area contributed by atoms with E-state index in [1.54, 1.807) is 13.5 Å². The molecule has 5 nitrogen and oxygen atoms in total. The molecule has 0 saturated carbocycles. The highest BCUT2D eigenvalue weighted by Crippen LogP contribution is 2.09. The molecule has 2 aromatic rings. The Labute approximate surface area is 103 Å². The van der Waals surface area contributed by atoms with Crippen LogP contribution in [-0.4, -0.2) is 29.0 Å². The number of nitrogens with zero attached hydrogens (tertiary/aromatic N) is 1. The molecule has 7 heteroatoms. The Kier molecular flexibility index (Phi) is 6.80. The molecule has 0 fully saturated rings. The molecule has 1 amide bonds. The van der Waals surface area contributed by atoms with Crippen LogP contribution in [0.15, 0.2) is 41.9 Å². The number of thiazole rings is 1. The first kappa shape index (κ1) is 15.3. The number of anilines is 1. The number of hydrogen-bond donors (Lipinski definition) is 1. The molecule has 1 radical (unpaired) electrons. The van der Waals surface area contributed by atoms with Gasteiger partial charge in [-0.1, -0.05) is 35.8 Å². The van der Waals surface area contributed by atoms with Crippen LogP contribution in [-0.2, 0) is 0 Å². The van der Waals surface area contributed by atoms with Crippen molar-refractivity contribution in [1.29, 1.82) is 0 Å². The Balaban J connectivity index is 0.00000128. The van der Waals surface area contributed by atoms with Gasteiger partial charge in [-0.25, -0.2) is 4.98 Å². The summed E-state index contributed by atoms with van der Waals surface area (Å²) in [6.07, 6.45) is 1.66. The van der Waals surface area contributed by atoms with E-state index in [2.05, 4.69) is 10.3 Å². The van der Waals surface area contributed by atoms with E-state index >= 15 is 0 Å². The molecular formula is C10H12BN2O3S. The van der Waals surface area contributed by atoms with Crippen molar-refractivity contribution >= 4 is 35.0 Å². The van der Waals surface area contributed by atoms with Crippen LogP contribution in [0, 0.1) is 0 Å². The number of carbonyl (C=O) groups excluding carboxylic acids is 1. The summed E-state index contributed by atoms with van der Waals surface area (Å²) in [5.74, 6) is -0.156. The van der Waals surface area contributed by atoms with E-state index in [1.165, 1.54) is 11.3 Å². The summed E-state index contributed by atoms with van der Waals surface area (Å²) in [4.78, 5) is 15.4. The predicted octanol–water partition coefficient (Wildman–Crippen LogP) is 0.0553. The average molecular weight is 251 g/mol. The summed E-state index contributed by atoms with van der Waals surface area (Å²) in [5, 5.41) is 5.12. The number of amides is 1. The monoisotopic (exact) mass is 251 g/mol. The van der Waals surface area contributed by atoms with Crippen molar-refractivity contribution in [3.63, 3.8) is 0 Å². The lowest BCUT2D eigenvalue weighted by Crippen LogP contribution is -2.27. The Morgan fingerprint density at radius 2 is 1.94 bits per heavy atom. The van der Waals surface area contributed by atoms with E-state index in [4.69, 9.17) is 0 Å². The van der Waals surface area contributed by atoms with Crippen LogP contribution in [0.4, 0.5) is 9.93 Å². The third-order valence-electron chi connectivity index (χ3n) is 1.76. The topological polar surface area (TPSA) is 105 Å². The smallest absolute Gasteiger partial charge is 0.271 e. The second-order valence-corrected chi connectivity index (χ2v) is 3.78. The highest BCUT2D eigenvalue weighted by molar-refractivity contribution is 7.14. The first-order valence-electron chi connectivity index (χ1n) is 4.45. The number of aromatic nitrogens is 1. The van der Waals surface area contributed by atoms with Gasteiger partial charge in [0.15, 0.2) is 10.9 Å². The summed E-state index contributed by atoms with van der Waals surface area (Å²) in [6, 6.07) is 9.45. The van der Waals surface area contributed by atoms with Crippen molar-refractivity contribution in [2.75, 3.05) is 5.32 Å². The SMILES string of the molecule is O.O.O=C([B]c1ccccc1)Nc1nccs1. The maximum atomic E-state index is 11.5. The van der Waals surface area contributed by atoms with Gasteiger partial charge in [0.25, 0.3) is 7.28 Å². The molecule has 0 unspecified atom stereocenters. The van der Waals surface area contributed by atoms with Crippen LogP contribution in [0.1, 0.15) is 0 Å². The van der Waals surface area contributed by atoms with Gasteiger partial charge < -0.3 is 16.3 Å². The van der Waals surface area contributed by atoms with Gasteiger partial charge in [0.2, 0.25) is 0 Å². The molecule has 0 aliphatic rings. The quantitative estimate of drug-likeness (QED) is 0.778. The molecule has 0 bridgehead atoms. The van der Waals surface area contributed by atoms with E-state index in [0.717, 1.165) is 5.46 Å². The number of hydrogen-bond acceptors (Lipinski definition) is 3. The minimum Gasteiger partial charge on any atom is -0.412 e. The lowest BCUT2D eigenvalue weighted by atomic mass is 9.69. The molecule has 0 atom stereocenters. The normalized spacial score (nSPS) is 8.47. The number of benzene rings is 1. The van der Waals surface area contributed by atoms with Gasteiger partial charge in [0.05, 0.1) is 0 Å². The van der Waals surface area contributed by atoms with Crippen LogP contribution in [0.25, 0.3) is 0 Å². The van der Waals surface area contributed by atoms with Crippen LogP contribution >= 0.6 is 11.3 Å². The Hall–Kier alpha value is -1.70. The number of carbonyl (C=O) groups is 1. The van der Waals surface area contributed by atoms with Gasteiger partial charge in [0, 0.05) is 11.6 Å². The lowest BCUT2D eigenvalue weighted by molar-refractivity contribution is 0.268. The summed E-state index contributed by atoms with van der Waals surface area (Å²) in [6.45, 7) is 0. The zero-order valence-electron chi connectivity index (χ0n) is 8.88. The van der Waals surface area contributed by atoms with Crippen molar-refractivity contribution in [2.24, 2.45) is 0 Å². The standard InChI is InChI=1S/C10H8BN2OS.2H2O/c14-9(13-10-12-6-7-15-10)11-8-4-2-1-3-5-8;;/h1-7H,(H,12,13,14);2*1H2. The third-order valence-corrected chi connectivity index (χ3v) is 2.45. The zero-order chi connectivity index (χ0) is 10.5. The fourth-order valence-electron chi connectivity index (χ4n) is 1.13. The summed E-state index contributed by atoms with van der Waals surface area (Å²) >= 11 is 1.40. The van der Waals surface area contributed by atoms with Crippen LogP contribution < -0.4 is 10.8 Å². The molecule has 0 saturated heterocycles. The highest BCUT2D eigenvalue weighted by Gasteiger charge is 2.06. The van der Waals surface area contributed by atoms with E-state index in [9.17, 15) is 4.79 Å². The van der Waals surface area contributed by atoms with Gasteiger partial charge in [-0.2, -0.15) is 0 Å². The number of nitrogens with one attached hydrogen (secondary N) is 1. The molecule has 0 aliphatic heterocycles. The lowest BCUT2D eigenvalue weighted by Gasteiger charge is -1.99. The predicted molar refractivity (Wildman–Crippen MR) is 70.2 cm³/mol. The largest absolute Gasteiger partial charge is 0.412 e. The second kappa shape index (κ2) is 7.56. The van der Waals surface area contributed by atoms with Gasteiger partial charge in [0.1, 0.15) is 0 Å². The van der Waals surface area contributed by atoms with Gasteiger partial charge in [-0.05, 0) is 0 Å². The maximum absolute atomic E-state index is 11.5. The molecular weight excluding hydrogens is 239 g/mol. The van der Waals surface area contributed by atoms with Gasteiger partial charge in [-0.15, -0.1) is 11.3 Å². The minimum atomic E-state index is -0.156. The molecule has 0 spiro atoms. The zero-order valence-corrected chi connectivity index (χ0v) is 9.70. The first-order chi connectivity index (χ1) is 7.34. The molecule has 2 rings (SSSR count). The summed E-state index contributed by atoms with van der Waals surface area (Å²) in [7, 11) is 1.54. The fraction of sp³-hybridized carbons (Fsp3) is 0. The van der Waals surface area contributed by atoms with Gasteiger partial charge in [-0.3, -0.25) is 4.79 Å². The Morgan fingerprint density at radius 3 is 2.53 bits per heavy atom. The van der Waals surface area contributed by atoms with E-state index in [0.29, 0.717) is 5.13 Å². The second-order valence-electron chi connectivity index (χ2n) is 2.88. The molecule has 1 aromatic carbocycles. The molecule has 1 aromatic heterocycles. The maximum Gasteiger partial charge on any atom is 0.271 e. The van der Waals surface area contributed by atoms with E-state index < -0.39 is 0 Å². The van der Waals surface area contributed by atoms with Crippen molar-refractivity contribution < 1.29 is 15.7 Å². The fourth-order valence-corrected chi connectivity index (χ4v) is 1.66.